The van der Waals surface area contributed by atoms with E-state index in [4.69, 9.17) is 0 Å². The summed E-state index contributed by atoms with van der Waals surface area (Å²) < 4.78 is 52.8. The van der Waals surface area contributed by atoms with Crippen molar-refractivity contribution in [3.05, 3.63) is 78.4 Å². The second kappa shape index (κ2) is 7.05. The summed E-state index contributed by atoms with van der Waals surface area (Å²) in [5.41, 5.74) is 0.921. The highest BCUT2D eigenvalue weighted by Gasteiger charge is 2.23. The van der Waals surface area contributed by atoms with Crippen molar-refractivity contribution >= 4 is 25.5 Å². The highest BCUT2D eigenvalue weighted by Crippen LogP contribution is 2.32. The van der Waals surface area contributed by atoms with E-state index in [0.29, 0.717) is 0 Å². The van der Waals surface area contributed by atoms with E-state index in [9.17, 15) is 21.9 Å². The van der Waals surface area contributed by atoms with Crippen molar-refractivity contribution in [2.24, 2.45) is 0 Å². The predicted molar refractivity (Wildman–Crippen MR) is 102 cm³/mol. The number of aromatic hydroxyl groups is 1. The maximum absolute atomic E-state index is 12.8. The number of phenols is 1. The molecule has 0 aliphatic heterocycles. The second-order valence-corrected chi connectivity index (χ2v) is 9.52. The van der Waals surface area contributed by atoms with Crippen molar-refractivity contribution in [1.82, 2.24) is 0 Å². The third-order valence-electron chi connectivity index (χ3n) is 3.89. The highest BCUT2D eigenvalue weighted by atomic mass is 32.2. The summed E-state index contributed by atoms with van der Waals surface area (Å²) in [4.78, 5) is -0.327. The largest absolute Gasteiger partial charge is 0.507 e. The van der Waals surface area contributed by atoms with E-state index in [-0.39, 0.29) is 20.4 Å². The Labute approximate surface area is 158 Å². The molecule has 3 aromatic carbocycles. The Bertz CT molecular complexity index is 1170. The van der Waals surface area contributed by atoms with Gasteiger partial charge in [0.2, 0.25) is 9.84 Å². The predicted octanol–water partition coefficient (Wildman–Crippen LogP) is 3.33. The smallest absolute Gasteiger partial charge is 0.261 e. The second-order valence-electron chi connectivity index (χ2n) is 5.92. The molecular formula is C19H17NO5S2. The number of aryl methyl sites for hydroxylation is 1. The van der Waals surface area contributed by atoms with Gasteiger partial charge in [-0.1, -0.05) is 35.9 Å². The van der Waals surface area contributed by atoms with Crippen LogP contribution in [0.2, 0.25) is 0 Å². The summed E-state index contributed by atoms with van der Waals surface area (Å²) in [6, 6.07) is 17.4. The fourth-order valence-corrected chi connectivity index (χ4v) is 4.90. The molecule has 0 aliphatic rings. The van der Waals surface area contributed by atoms with Gasteiger partial charge in [0, 0.05) is 0 Å². The van der Waals surface area contributed by atoms with E-state index in [0.717, 1.165) is 17.7 Å². The lowest BCUT2D eigenvalue weighted by Gasteiger charge is -2.12. The summed E-state index contributed by atoms with van der Waals surface area (Å²) in [5, 5.41) is 10.0. The van der Waals surface area contributed by atoms with Gasteiger partial charge < -0.3 is 5.11 Å². The molecule has 0 unspecified atom stereocenters. The van der Waals surface area contributed by atoms with Crippen LogP contribution in [0.25, 0.3) is 0 Å². The van der Waals surface area contributed by atoms with Crippen LogP contribution in [0.15, 0.2) is 87.5 Å². The standard InChI is InChI=1S/C19H17NO5S2/c1-14-7-10-16(11-8-14)26(22,23)19-13-15(9-12-18(19)21)20-27(24,25)17-5-3-2-4-6-17/h2-13,20-21H,1H3. The van der Waals surface area contributed by atoms with E-state index >= 15 is 0 Å². The molecule has 140 valence electrons. The number of hydrogen-bond donors (Lipinski definition) is 2. The van der Waals surface area contributed by atoms with Gasteiger partial charge in [-0.25, -0.2) is 16.8 Å². The van der Waals surface area contributed by atoms with Crippen LogP contribution in [0.4, 0.5) is 5.69 Å². The first-order valence-corrected chi connectivity index (χ1v) is 10.9. The van der Waals surface area contributed by atoms with Crippen LogP contribution >= 0.6 is 0 Å². The molecule has 0 amide bonds. The zero-order valence-corrected chi connectivity index (χ0v) is 16.0. The maximum atomic E-state index is 12.8. The number of hydrogen-bond acceptors (Lipinski definition) is 5. The molecule has 0 spiro atoms. The van der Waals surface area contributed by atoms with Crippen molar-refractivity contribution in [1.29, 1.82) is 0 Å². The topological polar surface area (TPSA) is 101 Å². The van der Waals surface area contributed by atoms with Gasteiger partial charge in [0.05, 0.1) is 15.5 Å². The summed E-state index contributed by atoms with van der Waals surface area (Å²) in [6.07, 6.45) is 0. The SMILES string of the molecule is Cc1ccc(S(=O)(=O)c2cc(NS(=O)(=O)c3ccccc3)ccc2O)cc1. The third-order valence-corrected chi connectivity index (χ3v) is 7.08. The number of sulfonamides is 1. The highest BCUT2D eigenvalue weighted by molar-refractivity contribution is 7.92. The minimum absolute atomic E-state index is 0.00599. The molecule has 0 atom stereocenters. The Morgan fingerprint density at radius 3 is 2.04 bits per heavy atom. The molecule has 3 aromatic rings. The number of anilines is 1. The van der Waals surface area contributed by atoms with Crippen molar-refractivity contribution in [2.45, 2.75) is 21.6 Å². The van der Waals surface area contributed by atoms with Gasteiger partial charge in [0.25, 0.3) is 10.0 Å². The normalized spacial score (nSPS) is 11.9. The summed E-state index contributed by atoms with van der Waals surface area (Å²) >= 11 is 0. The van der Waals surface area contributed by atoms with E-state index in [1.807, 2.05) is 6.92 Å². The lowest BCUT2D eigenvalue weighted by molar-refractivity contribution is 0.459. The van der Waals surface area contributed by atoms with Gasteiger partial charge >= 0.3 is 0 Å². The van der Waals surface area contributed by atoms with E-state index < -0.39 is 25.6 Å². The number of phenolic OH excluding ortho intramolecular Hbond substituents is 1. The first-order valence-electron chi connectivity index (χ1n) is 7.93. The van der Waals surface area contributed by atoms with Crippen molar-refractivity contribution in [2.75, 3.05) is 4.72 Å². The van der Waals surface area contributed by atoms with Crippen LogP contribution in [-0.2, 0) is 19.9 Å². The number of nitrogens with one attached hydrogen (secondary N) is 1. The van der Waals surface area contributed by atoms with Gasteiger partial charge in [-0.3, -0.25) is 4.72 Å². The summed E-state index contributed by atoms with van der Waals surface area (Å²) in [6.45, 7) is 1.83. The average Bonchev–Trinajstić information content (AvgIpc) is 2.64. The lowest BCUT2D eigenvalue weighted by atomic mass is 10.2. The minimum Gasteiger partial charge on any atom is -0.507 e. The van der Waals surface area contributed by atoms with Gasteiger partial charge in [-0.15, -0.1) is 0 Å². The molecule has 0 radical (unpaired) electrons. The van der Waals surface area contributed by atoms with E-state index in [1.54, 1.807) is 30.3 Å². The molecule has 0 bridgehead atoms. The van der Waals surface area contributed by atoms with Gasteiger partial charge in [-0.2, -0.15) is 0 Å². The van der Waals surface area contributed by atoms with E-state index in [1.165, 1.54) is 30.3 Å². The molecular weight excluding hydrogens is 386 g/mol. The monoisotopic (exact) mass is 403 g/mol. The van der Waals surface area contributed by atoms with Crippen molar-refractivity contribution < 1.29 is 21.9 Å². The van der Waals surface area contributed by atoms with Crippen molar-refractivity contribution in [3.8, 4) is 5.75 Å². The third kappa shape index (κ3) is 3.96. The zero-order valence-electron chi connectivity index (χ0n) is 14.3. The molecule has 0 saturated carbocycles. The van der Waals surface area contributed by atoms with Crippen molar-refractivity contribution in [3.63, 3.8) is 0 Å². The van der Waals surface area contributed by atoms with Crippen LogP contribution in [-0.4, -0.2) is 21.9 Å². The maximum Gasteiger partial charge on any atom is 0.261 e. The molecule has 0 aliphatic carbocycles. The van der Waals surface area contributed by atoms with Crippen LogP contribution in [0.1, 0.15) is 5.56 Å². The van der Waals surface area contributed by atoms with Gasteiger partial charge in [-0.05, 0) is 49.4 Å². The molecule has 0 saturated heterocycles. The fraction of sp³-hybridized carbons (Fsp3) is 0.0526. The Kier molecular flexibility index (Phi) is 4.95. The van der Waals surface area contributed by atoms with Gasteiger partial charge in [0.1, 0.15) is 10.6 Å². The van der Waals surface area contributed by atoms with Crippen LogP contribution < -0.4 is 4.72 Å². The van der Waals surface area contributed by atoms with E-state index in [2.05, 4.69) is 4.72 Å². The fourth-order valence-electron chi connectivity index (χ4n) is 2.45. The zero-order chi connectivity index (χ0) is 19.7. The quantitative estimate of drug-likeness (QED) is 0.637. The molecule has 3 rings (SSSR count). The first kappa shape index (κ1) is 18.9. The average molecular weight is 403 g/mol. The Morgan fingerprint density at radius 1 is 0.778 bits per heavy atom. The number of benzene rings is 3. The molecule has 6 nitrogen and oxygen atoms in total. The molecule has 2 N–H and O–H groups in total. The first-order chi connectivity index (χ1) is 12.7. The van der Waals surface area contributed by atoms with Gasteiger partial charge in [0.15, 0.2) is 0 Å². The molecule has 0 fully saturated rings. The molecule has 0 aromatic heterocycles. The molecule has 8 heteroatoms. The molecule has 27 heavy (non-hydrogen) atoms. The van der Waals surface area contributed by atoms with Crippen LogP contribution in [0, 0.1) is 6.92 Å². The minimum atomic E-state index is -4.01. The summed E-state index contributed by atoms with van der Waals surface area (Å²) in [7, 11) is -7.90. The Hall–Kier alpha value is -2.84. The molecule has 0 heterocycles. The Morgan fingerprint density at radius 2 is 1.41 bits per heavy atom. The van der Waals surface area contributed by atoms with Crippen LogP contribution in [0.3, 0.4) is 0 Å². The summed E-state index contributed by atoms with van der Waals surface area (Å²) in [5.74, 6) is -0.460. The number of sulfone groups is 1. The number of rotatable bonds is 5. The Balaban J connectivity index is 2.01. The van der Waals surface area contributed by atoms with Crippen LogP contribution in [0.5, 0.6) is 5.75 Å². The lowest BCUT2D eigenvalue weighted by Crippen LogP contribution is -2.13.